The highest BCUT2D eigenvalue weighted by Gasteiger charge is 2.14. The number of aryl methyl sites for hydroxylation is 1. The van der Waals surface area contributed by atoms with E-state index in [1.54, 1.807) is 19.2 Å². The first-order valence-electron chi connectivity index (χ1n) is 5.73. The van der Waals surface area contributed by atoms with Gasteiger partial charge < -0.3 is 10.4 Å². The van der Waals surface area contributed by atoms with Crippen molar-refractivity contribution in [1.29, 1.82) is 0 Å². The number of benzene rings is 1. The molecule has 0 unspecified atom stereocenters. The molecule has 102 valence electrons. The number of carbonyl (C=O) groups excluding carboxylic acids is 1. The topological polar surface area (TPSA) is 79.3 Å². The third-order valence-electron chi connectivity index (χ3n) is 2.60. The molecule has 1 aromatic carbocycles. The first-order chi connectivity index (χ1) is 9.47. The second-order valence-corrected chi connectivity index (χ2v) is 4.20. The van der Waals surface area contributed by atoms with Crippen molar-refractivity contribution in [1.82, 2.24) is 4.98 Å². The Kier molecular flexibility index (Phi) is 3.74. The molecule has 0 radical (unpaired) electrons. The number of hydrogen-bond acceptors (Lipinski definition) is 3. The third-order valence-corrected chi connectivity index (χ3v) is 2.60. The third kappa shape index (κ3) is 2.97. The molecule has 0 fully saturated rings. The second-order valence-electron chi connectivity index (χ2n) is 4.20. The highest BCUT2D eigenvalue weighted by molar-refractivity contribution is 6.07. The molecule has 0 aliphatic heterocycles. The molecule has 2 rings (SSSR count). The van der Waals surface area contributed by atoms with Gasteiger partial charge in [-0.1, -0.05) is 0 Å². The molecule has 0 spiro atoms. The van der Waals surface area contributed by atoms with E-state index in [9.17, 15) is 14.0 Å². The minimum absolute atomic E-state index is 0.0328. The molecule has 1 amide bonds. The van der Waals surface area contributed by atoms with Crippen molar-refractivity contribution in [2.24, 2.45) is 0 Å². The normalized spacial score (nSPS) is 10.1. The molecule has 6 heteroatoms. The van der Waals surface area contributed by atoms with Crippen LogP contribution in [-0.4, -0.2) is 22.0 Å². The number of halogens is 1. The summed E-state index contributed by atoms with van der Waals surface area (Å²) in [4.78, 5) is 26.9. The van der Waals surface area contributed by atoms with Crippen molar-refractivity contribution < 1.29 is 19.1 Å². The molecule has 5 nitrogen and oxygen atoms in total. The number of amides is 1. The molecule has 1 heterocycles. The molecule has 0 aliphatic carbocycles. The molecule has 0 bridgehead atoms. The Hall–Kier alpha value is -2.76. The maximum absolute atomic E-state index is 13.0. The lowest BCUT2D eigenvalue weighted by Crippen LogP contribution is -2.15. The van der Waals surface area contributed by atoms with E-state index in [4.69, 9.17) is 5.11 Å². The molecule has 2 N–H and O–H groups in total. The number of carbonyl (C=O) groups is 2. The van der Waals surface area contributed by atoms with Gasteiger partial charge >= 0.3 is 5.97 Å². The van der Waals surface area contributed by atoms with Crippen molar-refractivity contribution >= 4 is 17.6 Å². The standard InChI is InChI=1S/C14H11FN2O3/c1-8-4-9(7-16-6-8)13(18)17-12-3-2-10(15)5-11(12)14(19)20/h2-7H,1H3,(H,17,18)(H,19,20). The molecule has 0 atom stereocenters. The van der Waals surface area contributed by atoms with Gasteiger partial charge in [0.05, 0.1) is 16.8 Å². The second kappa shape index (κ2) is 5.48. The van der Waals surface area contributed by atoms with Gasteiger partial charge in [-0.2, -0.15) is 0 Å². The molecule has 2 aromatic rings. The fourth-order valence-corrected chi connectivity index (χ4v) is 1.68. The van der Waals surface area contributed by atoms with Gasteiger partial charge in [-0.15, -0.1) is 0 Å². The fraction of sp³-hybridized carbons (Fsp3) is 0.0714. The van der Waals surface area contributed by atoms with E-state index in [1.807, 2.05) is 0 Å². The van der Waals surface area contributed by atoms with Crippen LogP contribution >= 0.6 is 0 Å². The van der Waals surface area contributed by atoms with Gasteiger partial charge in [-0.05, 0) is 36.8 Å². The quantitative estimate of drug-likeness (QED) is 0.901. The maximum Gasteiger partial charge on any atom is 0.337 e. The summed E-state index contributed by atoms with van der Waals surface area (Å²) in [5.74, 6) is -2.50. The van der Waals surface area contributed by atoms with Crippen LogP contribution in [0.5, 0.6) is 0 Å². The lowest BCUT2D eigenvalue weighted by molar-refractivity contribution is 0.0697. The highest BCUT2D eigenvalue weighted by Crippen LogP contribution is 2.18. The van der Waals surface area contributed by atoms with Crippen molar-refractivity contribution in [2.45, 2.75) is 6.92 Å². The number of pyridine rings is 1. The van der Waals surface area contributed by atoms with E-state index in [0.717, 1.165) is 17.7 Å². The van der Waals surface area contributed by atoms with Crippen LogP contribution in [-0.2, 0) is 0 Å². The van der Waals surface area contributed by atoms with Crippen LogP contribution in [0.25, 0.3) is 0 Å². The van der Waals surface area contributed by atoms with E-state index in [1.165, 1.54) is 12.3 Å². The minimum Gasteiger partial charge on any atom is -0.478 e. The van der Waals surface area contributed by atoms with Crippen LogP contribution in [0.1, 0.15) is 26.3 Å². The lowest BCUT2D eigenvalue weighted by Gasteiger charge is -2.08. The predicted molar refractivity (Wildman–Crippen MR) is 70.3 cm³/mol. The van der Waals surface area contributed by atoms with Gasteiger partial charge in [0, 0.05) is 12.4 Å². The Morgan fingerprint density at radius 1 is 1.25 bits per heavy atom. The number of carboxylic acid groups (broad SMARTS) is 1. The smallest absolute Gasteiger partial charge is 0.337 e. The number of carboxylic acids is 1. The molecule has 0 saturated heterocycles. The number of anilines is 1. The van der Waals surface area contributed by atoms with Crippen LogP contribution < -0.4 is 5.32 Å². The zero-order chi connectivity index (χ0) is 14.7. The van der Waals surface area contributed by atoms with Gasteiger partial charge in [0.1, 0.15) is 5.82 Å². The first-order valence-corrected chi connectivity index (χ1v) is 5.73. The van der Waals surface area contributed by atoms with E-state index >= 15 is 0 Å². The maximum atomic E-state index is 13.0. The lowest BCUT2D eigenvalue weighted by atomic mass is 10.1. The average molecular weight is 274 g/mol. The number of aromatic nitrogens is 1. The van der Waals surface area contributed by atoms with Gasteiger partial charge in [-0.25, -0.2) is 9.18 Å². The summed E-state index contributed by atoms with van der Waals surface area (Å²) >= 11 is 0. The molecule has 1 aromatic heterocycles. The molecule has 20 heavy (non-hydrogen) atoms. The van der Waals surface area contributed by atoms with Crippen LogP contribution in [0.15, 0.2) is 36.7 Å². The number of aromatic carboxylic acids is 1. The molecular weight excluding hydrogens is 263 g/mol. The van der Waals surface area contributed by atoms with Crippen LogP contribution in [0.4, 0.5) is 10.1 Å². The first kappa shape index (κ1) is 13.7. The van der Waals surface area contributed by atoms with Crippen molar-refractivity contribution in [3.05, 3.63) is 59.2 Å². The number of rotatable bonds is 3. The zero-order valence-corrected chi connectivity index (χ0v) is 10.6. The summed E-state index contributed by atoms with van der Waals surface area (Å²) in [6, 6.07) is 4.76. The van der Waals surface area contributed by atoms with Gasteiger partial charge in [0.15, 0.2) is 0 Å². The van der Waals surface area contributed by atoms with Gasteiger partial charge in [0.25, 0.3) is 5.91 Å². The predicted octanol–water partition coefficient (Wildman–Crippen LogP) is 2.48. The summed E-state index contributed by atoms with van der Waals surface area (Å²) in [5, 5.41) is 11.4. The summed E-state index contributed by atoms with van der Waals surface area (Å²) in [6.45, 7) is 1.78. The van der Waals surface area contributed by atoms with E-state index in [-0.39, 0.29) is 11.3 Å². The summed E-state index contributed by atoms with van der Waals surface area (Å²) in [6.07, 6.45) is 2.96. The van der Waals surface area contributed by atoms with Crippen LogP contribution in [0.3, 0.4) is 0 Å². The van der Waals surface area contributed by atoms with Crippen molar-refractivity contribution in [3.63, 3.8) is 0 Å². The molecule has 0 aliphatic rings. The van der Waals surface area contributed by atoms with E-state index < -0.39 is 17.7 Å². The largest absolute Gasteiger partial charge is 0.478 e. The fourth-order valence-electron chi connectivity index (χ4n) is 1.68. The number of nitrogens with one attached hydrogen (secondary N) is 1. The Morgan fingerprint density at radius 2 is 2.00 bits per heavy atom. The zero-order valence-electron chi connectivity index (χ0n) is 10.6. The Morgan fingerprint density at radius 3 is 2.65 bits per heavy atom. The highest BCUT2D eigenvalue weighted by atomic mass is 19.1. The van der Waals surface area contributed by atoms with Gasteiger partial charge in [0.2, 0.25) is 0 Å². The number of nitrogens with zero attached hydrogens (tertiary/aromatic N) is 1. The van der Waals surface area contributed by atoms with E-state index in [2.05, 4.69) is 10.3 Å². The average Bonchev–Trinajstić information content (AvgIpc) is 2.40. The minimum atomic E-state index is -1.32. The van der Waals surface area contributed by atoms with Crippen LogP contribution in [0, 0.1) is 12.7 Å². The Labute approximate surface area is 114 Å². The van der Waals surface area contributed by atoms with E-state index in [0.29, 0.717) is 5.56 Å². The molecule has 0 saturated carbocycles. The number of hydrogen-bond donors (Lipinski definition) is 2. The summed E-state index contributed by atoms with van der Waals surface area (Å²) < 4.78 is 13.0. The van der Waals surface area contributed by atoms with Crippen LogP contribution in [0.2, 0.25) is 0 Å². The molecular formula is C14H11FN2O3. The summed E-state index contributed by atoms with van der Waals surface area (Å²) in [5.41, 5.74) is 0.824. The summed E-state index contributed by atoms with van der Waals surface area (Å²) in [7, 11) is 0. The SMILES string of the molecule is Cc1cncc(C(=O)Nc2ccc(F)cc2C(=O)O)c1. The van der Waals surface area contributed by atoms with Crippen molar-refractivity contribution in [3.8, 4) is 0 Å². The Balaban J connectivity index is 2.30. The Bertz CT molecular complexity index is 686. The van der Waals surface area contributed by atoms with Crippen molar-refractivity contribution in [2.75, 3.05) is 5.32 Å². The monoisotopic (exact) mass is 274 g/mol. The van der Waals surface area contributed by atoms with Gasteiger partial charge in [-0.3, -0.25) is 9.78 Å².